The van der Waals surface area contributed by atoms with Gasteiger partial charge in [-0.25, -0.2) is 9.78 Å². The van der Waals surface area contributed by atoms with E-state index in [0.717, 1.165) is 22.0 Å². The third-order valence-electron chi connectivity index (χ3n) is 3.35. The highest BCUT2D eigenvalue weighted by Crippen LogP contribution is 2.24. The van der Waals surface area contributed by atoms with Crippen LogP contribution in [0.2, 0.25) is 0 Å². The van der Waals surface area contributed by atoms with Gasteiger partial charge >= 0.3 is 5.97 Å². The molecule has 6 heteroatoms. The summed E-state index contributed by atoms with van der Waals surface area (Å²) in [4.78, 5) is 15.6. The van der Waals surface area contributed by atoms with Gasteiger partial charge < -0.3 is 5.11 Å². The molecule has 0 fully saturated rings. The average molecular weight is 337 g/mol. The number of aromatic carboxylic acids is 1. The first-order valence-corrected chi connectivity index (χ1v) is 8.15. The fraction of sp³-hybridized carbons (Fsp3) is 0.0556. The largest absolute Gasteiger partial charge is 0.478 e. The van der Waals surface area contributed by atoms with Crippen LogP contribution < -0.4 is 5.43 Å². The molecule has 3 rings (SSSR count). The van der Waals surface area contributed by atoms with E-state index in [-0.39, 0.29) is 5.56 Å². The normalized spacial score (nSPS) is 10.9. The number of hydrazone groups is 1. The maximum atomic E-state index is 11.4. The third-order valence-corrected chi connectivity index (χ3v) is 4.21. The molecule has 2 aromatic carbocycles. The summed E-state index contributed by atoms with van der Waals surface area (Å²) >= 11 is 1.49. The van der Waals surface area contributed by atoms with E-state index in [1.165, 1.54) is 11.3 Å². The van der Waals surface area contributed by atoms with Gasteiger partial charge in [-0.05, 0) is 35.7 Å². The number of carbonyl (C=O) groups is 1. The highest BCUT2D eigenvalue weighted by atomic mass is 32.1. The average Bonchev–Trinajstić information content (AvgIpc) is 3.00. The molecule has 0 aliphatic carbocycles. The Morgan fingerprint density at radius 1 is 1.25 bits per heavy atom. The molecular formula is C18H15N3O2S. The van der Waals surface area contributed by atoms with E-state index in [1.807, 2.05) is 42.6 Å². The second-order valence-corrected chi connectivity index (χ2v) is 6.00. The number of nitrogens with zero attached hydrogens (tertiary/aromatic N) is 2. The maximum absolute atomic E-state index is 11.4. The summed E-state index contributed by atoms with van der Waals surface area (Å²) in [6.07, 6.45) is 1.68. The molecule has 1 heterocycles. The predicted molar refractivity (Wildman–Crippen MR) is 96.9 cm³/mol. The molecule has 5 nitrogen and oxygen atoms in total. The number of aryl methyl sites for hydroxylation is 1. The maximum Gasteiger partial charge on any atom is 0.336 e. The predicted octanol–water partition coefficient (Wildman–Crippen LogP) is 4.26. The van der Waals surface area contributed by atoms with E-state index < -0.39 is 5.97 Å². The van der Waals surface area contributed by atoms with Crippen molar-refractivity contribution in [2.24, 2.45) is 5.10 Å². The van der Waals surface area contributed by atoms with Crippen LogP contribution in [0.1, 0.15) is 21.6 Å². The van der Waals surface area contributed by atoms with Crippen molar-refractivity contribution in [3.8, 4) is 11.1 Å². The molecule has 0 amide bonds. The number of benzene rings is 2. The van der Waals surface area contributed by atoms with E-state index in [0.29, 0.717) is 5.56 Å². The number of nitrogens with one attached hydrogen (secondary N) is 1. The van der Waals surface area contributed by atoms with Crippen molar-refractivity contribution in [2.75, 3.05) is 5.43 Å². The zero-order chi connectivity index (χ0) is 16.9. The highest BCUT2D eigenvalue weighted by molar-refractivity contribution is 7.13. The summed E-state index contributed by atoms with van der Waals surface area (Å²) in [6.45, 7) is 1.93. The van der Waals surface area contributed by atoms with Crippen LogP contribution in [-0.4, -0.2) is 22.3 Å². The first-order chi connectivity index (χ1) is 11.6. The Morgan fingerprint density at radius 3 is 2.83 bits per heavy atom. The molecular weight excluding hydrogens is 322 g/mol. The number of carboxylic acid groups (broad SMARTS) is 1. The Kier molecular flexibility index (Phi) is 4.67. The fourth-order valence-corrected chi connectivity index (χ4v) is 2.91. The van der Waals surface area contributed by atoms with Gasteiger partial charge in [-0.15, -0.1) is 11.3 Å². The third kappa shape index (κ3) is 3.67. The quantitative estimate of drug-likeness (QED) is 0.539. The molecule has 2 N–H and O–H groups in total. The van der Waals surface area contributed by atoms with Crippen LogP contribution in [0, 0.1) is 6.92 Å². The second kappa shape index (κ2) is 7.06. The number of thiazole rings is 1. The molecule has 0 aliphatic rings. The SMILES string of the molecule is Cc1csc(NN=Cc2cccc(-c3ccccc3C(=O)O)c2)n1. The Bertz CT molecular complexity index is 903. The van der Waals surface area contributed by atoms with Crippen LogP contribution >= 0.6 is 11.3 Å². The zero-order valence-electron chi connectivity index (χ0n) is 12.9. The standard InChI is InChI=1S/C18H15N3O2S/c1-12-11-24-18(20-12)21-19-10-13-5-4-6-14(9-13)15-7-2-3-8-16(15)17(22)23/h2-11H,1H3,(H,20,21)(H,22,23). The van der Waals surface area contributed by atoms with Gasteiger partial charge in [-0.3, -0.25) is 5.43 Å². The van der Waals surface area contributed by atoms with Crippen molar-refractivity contribution in [1.82, 2.24) is 4.98 Å². The lowest BCUT2D eigenvalue weighted by Crippen LogP contribution is -1.99. The summed E-state index contributed by atoms with van der Waals surface area (Å²) in [5.74, 6) is -0.939. The van der Waals surface area contributed by atoms with Crippen LogP contribution in [0.3, 0.4) is 0 Å². The van der Waals surface area contributed by atoms with Crippen molar-refractivity contribution in [3.63, 3.8) is 0 Å². The van der Waals surface area contributed by atoms with Crippen LogP contribution in [0.4, 0.5) is 5.13 Å². The smallest absolute Gasteiger partial charge is 0.336 e. The number of hydrogen-bond acceptors (Lipinski definition) is 5. The van der Waals surface area contributed by atoms with Crippen LogP contribution in [0.5, 0.6) is 0 Å². The minimum atomic E-state index is -0.939. The molecule has 3 aromatic rings. The van der Waals surface area contributed by atoms with Gasteiger partial charge in [-0.2, -0.15) is 5.10 Å². The van der Waals surface area contributed by atoms with Gasteiger partial charge in [0.1, 0.15) is 0 Å². The topological polar surface area (TPSA) is 74.6 Å². The number of anilines is 1. The van der Waals surface area contributed by atoms with E-state index >= 15 is 0 Å². The van der Waals surface area contributed by atoms with Crippen LogP contribution in [-0.2, 0) is 0 Å². The Labute approximate surface area is 143 Å². The molecule has 0 radical (unpaired) electrons. The Balaban J connectivity index is 1.83. The molecule has 0 saturated heterocycles. The van der Waals surface area contributed by atoms with Crippen LogP contribution in [0.15, 0.2) is 59.0 Å². The first kappa shape index (κ1) is 15.9. The lowest BCUT2D eigenvalue weighted by molar-refractivity contribution is 0.0697. The van der Waals surface area contributed by atoms with Crippen molar-refractivity contribution >= 4 is 28.7 Å². The molecule has 0 unspecified atom stereocenters. The lowest BCUT2D eigenvalue weighted by Gasteiger charge is -2.06. The van der Waals surface area contributed by atoms with Gasteiger partial charge in [0.25, 0.3) is 0 Å². The molecule has 24 heavy (non-hydrogen) atoms. The summed E-state index contributed by atoms with van der Waals surface area (Å²) in [6, 6.07) is 14.5. The number of aromatic nitrogens is 1. The summed E-state index contributed by atoms with van der Waals surface area (Å²) in [5, 5.41) is 16.2. The minimum absolute atomic E-state index is 0.281. The van der Waals surface area contributed by atoms with E-state index in [4.69, 9.17) is 0 Å². The monoisotopic (exact) mass is 337 g/mol. The van der Waals surface area contributed by atoms with Gasteiger partial charge in [0, 0.05) is 5.38 Å². The number of hydrogen-bond donors (Lipinski definition) is 2. The number of carboxylic acids is 1. The fourth-order valence-electron chi connectivity index (χ4n) is 2.28. The van der Waals surface area contributed by atoms with Crippen molar-refractivity contribution in [3.05, 3.63) is 70.7 Å². The van der Waals surface area contributed by atoms with Gasteiger partial charge in [0.2, 0.25) is 5.13 Å². The second-order valence-electron chi connectivity index (χ2n) is 5.14. The van der Waals surface area contributed by atoms with Gasteiger partial charge in [0.05, 0.1) is 17.5 Å². The molecule has 0 atom stereocenters. The molecule has 0 bridgehead atoms. The Morgan fingerprint density at radius 2 is 2.08 bits per heavy atom. The minimum Gasteiger partial charge on any atom is -0.478 e. The van der Waals surface area contributed by atoms with Crippen molar-refractivity contribution < 1.29 is 9.90 Å². The molecule has 0 aliphatic heterocycles. The molecule has 0 spiro atoms. The van der Waals surface area contributed by atoms with Crippen LogP contribution in [0.25, 0.3) is 11.1 Å². The van der Waals surface area contributed by atoms with E-state index in [2.05, 4.69) is 15.5 Å². The summed E-state index contributed by atoms with van der Waals surface area (Å²) < 4.78 is 0. The van der Waals surface area contributed by atoms with Gasteiger partial charge in [-0.1, -0.05) is 36.4 Å². The Hall–Kier alpha value is -2.99. The van der Waals surface area contributed by atoms with Crippen molar-refractivity contribution in [1.29, 1.82) is 0 Å². The number of rotatable bonds is 5. The highest BCUT2D eigenvalue weighted by Gasteiger charge is 2.10. The summed E-state index contributed by atoms with van der Waals surface area (Å²) in [5.41, 5.74) is 6.50. The molecule has 1 aromatic heterocycles. The van der Waals surface area contributed by atoms with Crippen molar-refractivity contribution in [2.45, 2.75) is 6.92 Å². The van der Waals surface area contributed by atoms with E-state index in [9.17, 15) is 9.90 Å². The lowest BCUT2D eigenvalue weighted by atomic mass is 9.98. The summed E-state index contributed by atoms with van der Waals surface area (Å²) in [7, 11) is 0. The first-order valence-electron chi connectivity index (χ1n) is 7.27. The van der Waals surface area contributed by atoms with Gasteiger partial charge in [0.15, 0.2) is 0 Å². The van der Waals surface area contributed by atoms with E-state index in [1.54, 1.807) is 24.4 Å². The molecule has 0 saturated carbocycles. The zero-order valence-corrected chi connectivity index (χ0v) is 13.7. The molecule has 120 valence electrons.